The molecule has 0 aliphatic heterocycles. The molecule has 0 radical (unpaired) electrons. The lowest BCUT2D eigenvalue weighted by Crippen LogP contribution is -1.94. The molecular weight excluding hydrogens is 354 g/mol. The van der Waals surface area contributed by atoms with Crippen LogP contribution in [0.2, 0.25) is 5.02 Å². The van der Waals surface area contributed by atoms with E-state index in [1.807, 2.05) is 48.0 Å². The Morgan fingerprint density at radius 3 is 2.58 bits per heavy atom. The van der Waals surface area contributed by atoms with E-state index < -0.39 is 4.92 Å². The molecule has 0 aliphatic carbocycles. The molecule has 0 atom stereocenters. The second kappa shape index (κ2) is 7.41. The van der Waals surface area contributed by atoms with Gasteiger partial charge in [0.05, 0.1) is 17.7 Å². The van der Waals surface area contributed by atoms with Crippen LogP contribution in [-0.4, -0.2) is 22.8 Å². The van der Waals surface area contributed by atoms with E-state index in [-0.39, 0.29) is 10.7 Å². The zero-order valence-corrected chi connectivity index (χ0v) is 15.0. The molecule has 3 aromatic rings. The van der Waals surface area contributed by atoms with Crippen LogP contribution in [0, 0.1) is 17.0 Å². The van der Waals surface area contributed by atoms with Crippen molar-refractivity contribution in [3.63, 3.8) is 0 Å². The van der Waals surface area contributed by atoms with E-state index in [1.54, 1.807) is 19.4 Å². The van der Waals surface area contributed by atoms with Crippen molar-refractivity contribution in [2.24, 2.45) is 4.99 Å². The molecule has 26 heavy (non-hydrogen) atoms. The summed E-state index contributed by atoms with van der Waals surface area (Å²) in [4.78, 5) is 14.7. The van der Waals surface area contributed by atoms with Crippen LogP contribution in [0.4, 0.5) is 11.4 Å². The van der Waals surface area contributed by atoms with Gasteiger partial charge in [0.2, 0.25) is 0 Å². The number of rotatable bonds is 5. The standard InChI is InChI=1S/C19H16ClN3O3/c1-13-9-14(12-22(13)16-4-6-17(26-2)7-5-16)11-21-15-3-8-18(20)19(10-15)23(24)25/h3-12H,1-2H3. The Labute approximate surface area is 155 Å². The average Bonchev–Trinajstić information content (AvgIpc) is 3.01. The van der Waals surface area contributed by atoms with E-state index in [0.717, 1.165) is 22.7 Å². The Hall–Kier alpha value is -3.12. The molecule has 6 nitrogen and oxygen atoms in total. The highest BCUT2D eigenvalue weighted by atomic mass is 35.5. The molecule has 0 saturated carbocycles. The fourth-order valence-corrected chi connectivity index (χ4v) is 2.75. The van der Waals surface area contributed by atoms with Gasteiger partial charge in [-0.3, -0.25) is 15.1 Å². The van der Waals surface area contributed by atoms with Gasteiger partial charge in [0.25, 0.3) is 5.69 Å². The lowest BCUT2D eigenvalue weighted by molar-refractivity contribution is -0.384. The maximum absolute atomic E-state index is 11.0. The summed E-state index contributed by atoms with van der Waals surface area (Å²) in [6, 6.07) is 14.2. The number of hydrogen-bond acceptors (Lipinski definition) is 4. The summed E-state index contributed by atoms with van der Waals surface area (Å²) in [5.74, 6) is 0.796. The van der Waals surface area contributed by atoms with Gasteiger partial charge in [0.15, 0.2) is 0 Å². The third kappa shape index (κ3) is 3.75. The highest BCUT2D eigenvalue weighted by Gasteiger charge is 2.12. The van der Waals surface area contributed by atoms with Gasteiger partial charge >= 0.3 is 0 Å². The molecule has 0 saturated heterocycles. The third-order valence-electron chi connectivity index (χ3n) is 3.87. The van der Waals surface area contributed by atoms with Crippen LogP contribution in [0.5, 0.6) is 5.75 Å². The minimum Gasteiger partial charge on any atom is -0.497 e. The number of aromatic nitrogens is 1. The zero-order valence-electron chi connectivity index (χ0n) is 14.2. The van der Waals surface area contributed by atoms with E-state index in [9.17, 15) is 10.1 Å². The molecule has 0 spiro atoms. The second-order valence-electron chi connectivity index (χ2n) is 5.63. The van der Waals surface area contributed by atoms with E-state index in [2.05, 4.69) is 4.99 Å². The molecule has 0 aliphatic rings. The van der Waals surface area contributed by atoms with Crippen molar-refractivity contribution in [2.45, 2.75) is 6.92 Å². The summed E-state index contributed by atoms with van der Waals surface area (Å²) in [6.07, 6.45) is 3.62. The van der Waals surface area contributed by atoms with Gasteiger partial charge in [-0.1, -0.05) is 11.6 Å². The van der Waals surface area contributed by atoms with Crippen LogP contribution in [-0.2, 0) is 0 Å². The summed E-state index contributed by atoms with van der Waals surface area (Å²) < 4.78 is 7.21. The van der Waals surface area contributed by atoms with Gasteiger partial charge in [-0.05, 0) is 49.4 Å². The Morgan fingerprint density at radius 2 is 1.92 bits per heavy atom. The normalized spacial score (nSPS) is 11.0. The monoisotopic (exact) mass is 369 g/mol. The van der Waals surface area contributed by atoms with Crippen molar-refractivity contribution >= 4 is 29.2 Å². The predicted octanol–water partition coefficient (Wildman–Crippen LogP) is 5.11. The minimum atomic E-state index is -0.522. The van der Waals surface area contributed by atoms with E-state index in [4.69, 9.17) is 16.3 Å². The van der Waals surface area contributed by atoms with E-state index in [1.165, 1.54) is 12.1 Å². The molecule has 0 amide bonds. The van der Waals surface area contributed by atoms with Crippen molar-refractivity contribution in [3.05, 3.63) is 81.1 Å². The third-order valence-corrected chi connectivity index (χ3v) is 4.19. The minimum absolute atomic E-state index is 0.0930. The van der Waals surface area contributed by atoms with Crippen LogP contribution in [0.15, 0.2) is 59.7 Å². The lowest BCUT2D eigenvalue weighted by atomic mass is 10.3. The molecule has 0 N–H and O–H groups in total. The molecule has 0 bridgehead atoms. The zero-order chi connectivity index (χ0) is 18.7. The Morgan fingerprint density at radius 1 is 1.19 bits per heavy atom. The Balaban J connectivity index is 1.86. The summed E-state index contributed by atoms with van der Waals surface area (Å²) in [5, 5.41) is 11.0. The molecule has 1 heterocycles. The van der Waals surface area contributed by atoms with E-state index >= 15 is 0 Å². The summed E-state index contributed by atoms with van der Waals surface area (Å²) in [6.45, 7) is 1.99. The second-order valence-corrected chi connectivity index (χ2v) is 6.04. The molecular formula is C19H16ClN3O3. The Bertz CT molecular complexity index is 978. The number of aryl methyl sites for hydroxylation is 1. The number of methoxy groups -OCH3 is 1. The Kier molecular flexibility index (Phi) is 5.04. The molecule has 0 fully saturated rings. The van der Waals surface area contributed by atoms with Crippen LogP contribution in [0.1, 0.15) is 11.3 Å². The van der Waals surface area contributed by atoms with Gasteiger partial charge in [-0.15, -0.1) is 0 Å². The number of benzene rings is 2. The van der Waals surface area contributed by atoms with Crippen molar-refractivity contribution < 1.29 is 9.66 Å². The molecule has 0 unspecified atom stereocenters. The largest absolute Gasteiger partial charge is 0.497 e. The smallest absolute Gasteiger partial charge is 0.290 e. The van der Waals surface area contributed by atoms with Crippen LogP contribution in [0.3, 0.4) is 0 Å². The number of nitro benzene ring substituents is 1. The van der Waals surface area contributed by atoms with Gasteiger partial charge in [-0.2, -0.15) is 0 Å². The lowest BCUT2D eigenvalue weighted by Gasteiger charge is -2.06. The van der Waals surface area contributed by atoms with Gasteiger partial charge in [0, 0.05) is 35.4 Å². The number of ether oxygens (including phenoxy) is 1. The fourth-order valence-electron chi connectivity index (χ4n) is 2.56. The molecule has 7 heteroatoms. The maximum atomic E-state index is 11.0. The molecule has 2 aromatic carbocycles. The molecule has 1 aromatic heterocycles. The number of nitro groups is 1. The van der Waals surface area contributed by atoms with Gasteiger partial charge in [-0.25, -0.2) is 0 Å². The first kappa shape index (κ1) is 17.7. The number of nitrogens with zero attached hydrogens (tertiary/aromatic N) is 3. The number of hydrogen-bond donors (Lipinski definition) is 0. The van der Waals surface area contributed by atoms with Crippen LogP contribution < -0.4 is 4.74 Å². The predicted molar refractivity (Wildman–Crippen MR) is 102 cm³/mol. The molecule has 132 valence electrons. The quantitative estimate of drug-likeness (QED) is 0.356. The van der Waals surface area contributed by atoms with Gasteiger partial charge < -0.3 is 9.30 Å². The maximum Gasteiger partial charge on any atom is 0.290 e. The summed E-state index contributed by atoms with van der Waals surface area (Å²) >= 11 is 5.82. The highest BCUT2D eigenvalue weighted by molar-refractivity contribution is 6.32. The number of halogens is 1. The van der Waals surface area contributed by atoms with Gasteiger partial charge in [0.1, 0.15) is 10.8 Å². The first-order chi connectivity index (χ1) is 12.5. The van der Waals surface area contributed by atoms with Crippen LogP contribution in [0.25, 0.3) is 5.69 Å². The topological polar surface area (TPSA) is 69.7 Å². The molecule has 3 rings (SSSR count). The van der Waals surface area contributed by atoms with E-state index in [0.29, 0.717) is 5.69 Å². The van der Waals surface area contributed by atoms with Crippen LogP contribution >= 0.6 is 11.6 Å². The summed E-state index contributed by atoms with van der Waals surface area (Å²) in [5.41, 5.74) is 3.24. The van der Waals surface area contributed by atoms with Crippen molar-refractivity contribution in [1.29, 1.82) is 0 Å². The first-order valence-corrected chi connectivity index (χ1v) is 8.17. The SMILES string of the molecule is COc1ccc(-n2cc(C=Nc3ccc(Cl)c([N+](=O)[O-])c3)cc2C)cc1. The van der Waals surface area contributed by atoms with Crippen molar-refractivity contribution in [3.8, 4) is 11.4 Å². The first-order valence-electron chi connectivity index (χ1n) is 7.79. The highest BCUT2D eigenvalue weighted by Crippen LogP contribution is 2.28. The van der Waals surface area contributed by atoms with Crippen molar-refractivity contribution in [1.82, 2.24) is 4.57 Å². The summed E-state index contributed by atoms with van der Waals surface area (Å²) in [7, 11) is 1.63. The average molecular weight is 370 g/mol. The fraction of sp³-hybridized carbons (Fsp3) is 0.105. The van der Waals surface area contributed by atoms with Crippen molar-refractivity contribution in [2.75, 3.05) is 7.11 Å². The number of aliphatic imine (C=N–C) groups is 1.